The van der Waals surface area contributed by atoms with E-state index in [0.717, 1.165) is 13.0 Å². The maximum atomic E-state index is 8.31. The molecule has 0 spiro atoms. The normalized spacial score (nSPS) is 9.60. The van der Waals surface area contributed by atoms with Crippen molar-refractivity contribution in [3.63, 3.8) is 0 Å². The maximum absolute atomic E-state index is 8.31. The molecule has 0 amide bonds. The quantitative estimate of drug-likeness (QED) is 0.474. The van der Waals surface area contributed by atoms with Gasteiger partial charge in [0.25, 0.3) is 0 Å². The topological polar surface area (TPSA) is 29.5 Å². The van der Waals surface area contributed by atoms with Gasteiger partial charge in [-0.3, -0.25) is 0 Å². The average molecular weight is 174 g/mol. The first-order chi connectivity index (χ1) is 4.27. The van der Waals surface area contributed by atoms with Crippen LogP contribution in [0, 0.1) is 5.92 Å². The Morgan fingerprint density at radius 3 is 2.30 bits per heavy atom. The molecule has 0 atom stereocenters. The molecule has 0 radical (unpaired) electrons. The van der Waals surface area contributed by atoms with E-state index < -0.39 is 0 Å². The third-order valence-corrected chi connectivity index (χ3v) is 1.08. The Kier molecular flexibility index (Phi) is 14.0. The van der Waals surface area contributed by atoms with E-state index in [1.165, 1.54) is 0 Å². The molecule has 0 aliphatic heterocycles. The van der Waals surface area contributed by atoms with Gasteiger partial charge in [-0.2, -0.15) is 0 Å². The minimum atomic E-state index is 0. The molecule has 0 saturated carbocycles. The number of aliphatic hydroxyl groups excluding tert-OH is 1. The van der Waals surface area contributed by atoms with Crippen molar-refractivity contribution in [1.82, 2.24) is 0 Å². The summed E-state index contributed by atoms with van der Waals surface area (Å²) < 4.78 is 5.04. The summed E-state index contributed by atoms with van der Waals surface area (Å²) in [5.74, 6) is 0.698. The second kappa shape index (κ2) is 10.2. The monoisotopic (exact) mass is 174 g/mol. The predicted octanol–water partition coefficient (Wildman–Crippen LogP) is 0.125. The molecule has 0 aliphatic carbocycles. The Bertz CT molecular complexity index is 57.6. The van der Waals surface area contributed by atoms with Crippen molar-refractivity contribution in [3.05, 3.63) is 0 Å². The molecule has 0 aliphatic rings. The zero-order valence-electron chi connectivity index (χ0n) is 6.26. The van der Waals surface area contributed by atoms with Gasteiger partial charge >= 0.3 is 37.7 Å². The molecule has 1 N–H and O–H groups in total. The average Bonchev–Trinajstić information content (AvgIpc) is 1.80. The van der Waals surface area contributed by atoms with Crippen molar-refractivity contribution in [3.8, 4) is 0 Å². The summed E-state index contributed by atoms with van der Waals surface area (Å²) in [4.78, 5) is 0. The molecule has 0 aromatic rings. The van der Waals surface area contributed by atoms with Crippen molar-refractivity contribution < 1.29 is 9.84 Å². The summed E-state index contributed by atoms with van der Waals surface area (Å²) in [6.07, 6.45) is 1.08. The van der Waals surface area contributed by atoms with Gasteiger partial charge in [0, 0.05) is 6.61 Å². The van der Waals surface area contributed by atoms with Gasteiger partial charge in [-0.15, -0.1) is 0 Å². The summed E-state index contributed by atoms with van der Waals surface area (Å²) in [7, 11) is 0. The first kappa shape index (κ1) is 13.7. The molecular formula is C7H18CaO2. The van der Waals surface area contributed by atoms with Crippen LogP contribution in [0.3, 0.4) is 0 Å². The molecule has 0 rings (SSSR count). The third kappa shape index (κ3) is 11.9. The molecule has 0 fully saturated rings. The van der Waals surface area contributed by atoms with Crippen LogP contribution in [0.4, 0.5) is 0 Å². The van der Waals surface area contributed by atoms with Crippen molar-refractivity contribution in [1.29, 1.82) is 0 Å². The van der Waals surface area contributed by atoms with Crippen LogP contribution >= 0.6 is 0 Å². The Morgan fingerprint density at radius 1 is 1.30 bits per heavy atom. The van der Waals surface area contributed by atoms with E-state index in [4.69, 9.17) is 9.84 Å². The fourth-order valence-corrected chi connectivity index (χ4v) is 0.486. The fourth-order valence-electron chi connectivity index (χ4n) is 0.486. The molecule has 0 aromatic heterocycles. The summed E-state index contributed by atoms with van der Waals surface area (Å²) in [5.41, 5.74) is 0. The first-order valence-corrected chi connectivity index (χ1v) is 3.46. The molecule has 0 unspecified atom stereocenters. The Labute approximate surface area is 93.0 Å². The van der Waals surface area contributed by atoms with Crippen molar-refractivity contribution in [2.75, 3.05) is 19.8 Å². The molecule has 60 valence electrons. The van der Waals surface area contributed by atoms with Gasteiger partial charge in [-0.05, 0) is 12.3 Å². The summed E-state index contributed by atoms with van der Waals surface area (Å²) in [5, 5.41) is 8.31. The van der Waals surface area contributed by atoms with Crippen LogP contribution in [0.25, 0.3) is 0 Å². The number of hydrogen-bond acceptors (Lipinski definition) is 2. The van der Waals surface area contributed by atoms with Crippen LogP contribution in [0.15, 0.2) is 0 Å². The first-order valence-electron chi connectivity index (χ1n) is 3.46. The molecule has 3 heteroatoms. The van der Waals surface area contributed by atoms with E-state index in [1.807, 2.05) is 0 Å². The fraction of sp³-hybridized carbons (Fsp3) is 1.00. The number of aliphatic hydroxyl groups is 1. The summed E-state index contributed by atoms with van der Waals surface area (Å²) >= 11 is 0. The minimum absolute atomic E-state index is 0. The van der Waals surface area contributed by atoms with Gasteiger partial charge in [0.2, 0.25) is 0 Å². The Balaban J connectivity index is 0. The Morgan fingerprint density at radius 2 is 1.90 bits per heavy atom. The van der Waals surface area contributed by atoms with Gasteiger partial charge in [0.1, 0.15) is 0 Å². The van der Waals surface area contributed by atoms with Crippen LogP contribution in [0.2, 0.25) is 0 Å². The van der Waals surface area contributed by atoms with Crippen molar-refractivity contribution in [2.24, 2.45) is 5.92 Å². The molecule has 0 saturated heterocycles. The van der Waals surface area contributed by atoms with E-state index in [-0.39, 0.29) is 44.3 Å². The zero-order valence-corrected chi connectivity index (χ0v) is 6.26. The number of rotatable bonds is 5. The molecule has 0 aromatic carbocycles. The zero-order chi connectivity index (χ0) is 7.11. The van der Waals surface area contributed by atoms with Gasteiger partial charge in [0.15, 0.2) is 0 Å². The van der Waals surface area contributed by atoms with Gasteiger partial charge in [-0.1, -0.05) is 13.8 Å². The van der Waals surface area contributed by atoms with E-state index in [9.17, 15) is 0 Å². The molecule has 10 heavy (non-hydrogen) atoms. The molecular weight excluding hydrogens is 156 g/mol. The predicted molar refractivity (Wildman–Crippen MR) is 45.9 cm³/mol. The summed E-state index contributed by atoms with van der Waals surface area (Å²) in [6, 6.07) is 0. The van der Waals surface area contributed by atoms with Crippen molar-refractivity contribution in [2.45, 2.75) is 20.3 Å². The molecule has 0 bridgehead atoms. The second-order valence-electron chi connectivity index (χ2n) is 2.52. The van der Waals surface area contributed by atoms with Crippen LogP contribution in [-0.4, -0.2) is 62.7 Å². The van der Waals surface area contributed by atoms with E-state index in [1.54, 1.807) is 0 Å². The third-order valence-electron chi connectivity index (χ3n) is 1.08. The van der Waals surface area contributed by atoms with Crippen LogP contribution in [0.1, 0.15) is 20.3 Å². The van der Waals surface area contributed by atoms with Crippen LogP contribution < -0.4 is 0 Å². The van der Waals surface area contributed by atoms with Crippen molar-refractivity contribution >= 4 is 37.7 Å². The van der Waals surface area contributed by atoms with Crippen LogP contribution in [-0.2, 0) is 4.74 Å². The van der Waals surface area contributed by atoms with E-state index in [0.29, 0.717) is 12.5 Å². The second-order valence-corrected chi connectivity index (χ2v) is 2.52. The summed E-state index contributed by atoms with van der Waals surface area (Å²) in [6.45, 7) is 5.70. The van der Waals surface area contributed by atoms with Crippen LogP contribution in [0.5, 0.6) is 0 Å². The van der Waals surface area contributed by atoms with E-state index in [2.05, 4.69) is 13.8 Å². The molecule has 2 nitrogen and oxygen atoms in total. The number of ether oxygens (including phenoxy) is 1. The standard InChI is InChI=1S/C7H16O2.Ca.2H/c1-7(2)3-5-9-6-4-8;;;/h7-8H,3-6H2,1-2H3;;;. The number of hydrogen-bond donors (Lipinski definition) is 1. The Hall–Kier alpha value is 1.18. The SMILES string of the molecule is CC(C)CCOCCO.[CaH2]. The van der Waals surface area contributed by atoms with E-state index >= 15 is 0 Å². The van der Waals surface area contributed by atoms with Gasteiger partial charge < -0.3 is 9.84 Å². The van der Waals surface area contributed by atoms with Gasteiger partial charge in [0.05, 0.1) is 13.2 Å². The van der Waals surface area contributed by atoms with Gasteiger partial charge in [-0.25, -0.2) is 0 Å². The molecule has 0 heterocycles.